The van der Waals surface area contributed by atoms with E-state index in [9.17, 15) is 9.59 Å². The lowest BCUT2D eigenvalue weighted by Crippen LogP contribution is -2.38. The number of amides is 1. The van der Waals surface area contributed by atoms with Crippen molar-refractivity contribution in [2.75, 3.05) is 20.2 Å². The molecule has 0 spiro atoms. The molecule has 2 rings (SSSR count). The maximum absolute atomic E-state index is 12.2. The Morgan fingerprint density at radius 2 is 1.87 bits per heavy atom. The number of hydrogen-bond acceptors (Lipinski definition) is 3. The molecule has 23 heavy (non-hydrogen) atoms. The quantitative estimate of drug-likeness (QED) is 0.839. The van der Waals surface area contributed by atoms with Crippen LogP contribution in [-0.2, 0) is 16.0 Å². The van der Waals surface area contributed by atoms with Crippen molar-refractivity contribution in [3.63, 3.8) is 0 Å². The van der Waals surface area contributed by atoms with E-state index in [0.29, 0.717) is 19.5 Å². The zero-order chi connectivity index (χ0) is 16.7. The summed E-state index contributed by atoms with van der Waals surface area (Å²) in [6.07, 6.45) is 4.09. The SMILES string of the molecule is COc1ccc(CCCC(=O)N2CCC(CC(=O)O)CC2)cc1. The van der Waals surface area contributed by atoms with Gasteiger partial charge in [0.1, 0.15) is 5.75 Å². The average Bonchev–Trinajstić information content (AvgIpc) is 2.55. The summed E-state index contributed by atoms with van der Waals surface area (Å²) in [5.41, 5.74) is 1.21. The molecule has 126 valence electrons. The molecule has 1 amide bonds. The molecular formula is C18H25NO4. The first-order valence-electron chi connectivity index (χ1n) is 8.21. The fourth-order valence-electron chi connectivity index (χ4n) is 3.03. The lowest BCUT2D eigenvalue weighted by atomic mass is 9.93. The molecule has 0 radical (unpaired) electrons. The summed E-state index contributed by atoms with van der Waals surface area (Å²) in [7, 11) is 1.65. The maximum Gasteiger partial charge on any atom is 0.303 e. The molecule has 0 bridgehead atoms. The summed E-state index contributed by atoms with van der Waals surface area (Å²) in [4.78, 5) is 24.8. The highest BCUT2D eigenvalue weighted by molar-refractivity contribution is 5.76. The molecule has 0 aromatic heterocycles. The third-order valence-electron chi connectivity index (χ3n) is 4.45. The van der Waals surface area contributed by atoms with Crippen molar-refractivity contribution in [3.05, 3.63) is 29.8 Å². The van der Waals surface area contributed by atoms with Gasteiger partial charge in [0.15, 0.2) is 0 Å². The minimum Gasteiger partial charge on any atom is -0.497 e. The molecule has 5 nitrogen and oxygen atoms in total. The summed E-state index contributed by atoms with van der Waals surface area (Å²) >= 11 is 0. The van der Waals surface area contributed by atoms with Crippen LogP contribution in [0.3, 0.4) is 0 Å². The number of rotatable bonds is 7. The predicted molar refractivity (Wildman–Crippen MR) is 87.5 cm³/mol. The Balaban J connectivity index is 1.68. The second-order valence-electron chi connectivity index (χ2n) is 6.12. The van der Waals surface area contributed by atoms with Crippen molar-refractivity contribution >= 4 is 11.9 Å². The second-order valence-corrected chi connectivity index (χ2v) is 6.12. The largest absolute Gasteiger partial charge is 0.497 e. The van der Waals surface area contributed by atoms with Crippen molar-refractivity contribution in [3.8, 4) is 5.75 Å². The molecule has 0 aliphatic carbocycles. The minimum atomic E-state index is -0.741. The number of hydrogen-bond donors (Lipinski definition) is 1. The van der Waals surface area contributed by atoms with Crippen LogP contribution in [-0.4, -0.2) is 42.1 Å². The van der Waals surface area contributed by atoms with Crippen molar-refractivity contribution in [1.29, 1.82) is 0 Å². The Kier molecular flexibility index (Phi) is 6.44. The Bertz CT molecular complexity index is 518. The summed E-state index contributed by atoms with van der Waals surface area (Å²) in [5.74, 6) is 0.506. The first kappa shape index (κ1) is 17.3. The molecule has 1 N–H and O–H groups in total. The number of aryl methyl sites for hydroxylation is 1. The number of piperidine rings is 1. The Labute approximate surface area is 137 Å². The normalized spacial score (nSPS) is 15.4. The lowest BCUT2D eigenvalue weighted by molar-refractivity contribution is -0.138. The van der Waals surface area contributed by atoms with E-state index in [4.69, 9.17) is 9.84 Å². The van der Waals surface area contributed by atoms with Crippen LogP contribution in [0, 0.1) is 5.92 Å². The molecule has 0 unspecified atom stereocenters. The minimum absolute atomic E-state index is 0.187. The fourth-order valence-corrected chi connectivity index (χ4v) is 3.03. The van der Waals surface area contributed by atoms with Crippen LogP contribution >= 0.6 is 0 Å². The number of carbonyl (C=O) groups is 2. The van der Waals surface area contributed by atoms with Gasteiger partial charge in [-0.3, -0.25) is 9.59 Å². The van der Waals surface area contributed by atoms with Gasteiger partial charge in [0, 0.05) is 25.9 Å². The van der Waals surface area contributed by atoms with E-state index in [2.05, 4.69) is 0 Å². The van der Waals surface area contributed by atoms with E-state index < -0.39 is 5.97 Å². The summed E-state index contributed by atoms with van der Waals surface area (Å²) in [5, 5.41) is 8.81. The number of carboxylic acid groups (broad SMARTS) is 1. The molecule has 1 aliphatic heterocycles. The predicted octanol–water partition coefficient (Wildman–Crippen LogP) is 2.73. The molecule has 1 aromatic carbocycles. The van der Waals surface area contributed by atoms with Crippen LogP contribution < -0.4 is 4.74 Å². The Hall–Kier alpha value is -2.04. The van der Waals surface area contributed by atoms with Gasteiger partial charge in [0.25, 0.3) is 0 Å². The molecule has 1 saturated heterocycles. The highest BCUT2D eigenvalue weighted by Crippen LogP contribution is 2.21. The monoisotopic (exact) mass is 319 g/mol. The van der Waals surface area contributed by atoms with Gasteiger partial charge in [-0.2, -0.15) is 0 Å². The van der Waals surface area contributed by atoms with E-state index >= 15 is 0 Å². The molecule has 1 aromatic rings. The number of methoxy groups -OCH3 is 1. The van der Waals surface area contributed by atoms with Crippen molar-refractivity contribution < 1.29 is 19.4 Å². The van der Waals surface area contributed by atoms with Gasteiger partial charge in [0.2, 0.25) is 5.91 Å². The molecule has 1 heterocycles. The van der Waals surface area contributed by atoms with Gasteiger partial charge in [-0.15, -0.1) is 0 Å². The van der Waals surface area contributed by atoms with Crippen LogP contribution in [0.1, 0.15) is 37.7 Å². The number of likely N-dealkylation sites (tertiary alicyclic amines) is 1. The van der Waals surface area contributed by atoms with Crippen LogP contribution in [0.2, 0.25) is 0 Å². The summed E-state index contributed by atoms with van der Waals surface area (Å²) in [6, 6.07) is 7.93. The number of nitrogens with zero attached hydrogens (tertiary/aromatic N) is 1. The van der Waals surface area contributed by atoms with Gasteiger partial charge in [-0.05, 0) is 49.3 Å². The van der Waals surface area contributed by atoms with Gasteiger partial charge in [-0.25, -0.2) is 0 Å². The average molecular weight is 319 g/mol. The topological polar surface area (TPSA) is 66.8 Å². The molecule has 0 saturated carbocycles. The Morgan fingerprint density at radius 3 is 2.43 bits per heavy atom. The number of aliphatic carboxylic acids is 1. The van der Waals surface area contributed by atoms with Gasteiger partial charge >= 0.3 is 5.97 Å². The van der Waals surface area contributed by atoms with E-state index in [1.807, 2.05) is 29.2 Å². The molecule has 1 fully saturated rings. The second kappa shape index (κ2) is 8.56. The third kappa shape index (κ3) is 5.58. The van der Waals surface area contributed by atoms with Crippen LogP contribution in [0.15, 0.2) is 24.3 Å². The summed E-state index contributed by atoms with van der Waals surface area (Å²) in [6.45, 7) is 1.39. The number of benzene rings is 1. The number of ether oxygens (including phenoxy) is 1. The van der Waals surface area contributed by atoms with Gasteiger partial charge < -0.3 is 14.7 Å². The molecule has 1 aliphatic rings. The lowest BCUT2D eigenvalue weighted by Gasteiger charge is -2.31. The highest BCUT2D eigenvalue weighted by atomic mass is 16.5. The summed E-state index contributed by atoms with van der Waals surface area (Å²) < 4.78 is 5.13. The third-order valence-corrected chi connectivity index (χ3v) is 4.45. The molecular weight excluding hydrogens is 294 g/mol. The molecule has 5 heteroatoms. The van der Waals surface area contributed by atoms with Crippen molar-refractivity contribution in [1.82, 2.24) is 4.90 Å². The van der Waals surface area contributed by atoms with Crippen LogP contribution in [0.5, 0.6) is 5.75 Å². The van der Waals surface area contributed by atoms with E-state index in [1.165, 1.54) is 5.56 Å². The van der Waals surface area contributed by atoms with E-state index in [0.717, 1.165) is 31.4 Å². The molecule has 0 atom stereocenters. The Morgan fingerprint density at radius 1 is 1.22 bits per heavy atom. The number of carboxylic acids is 1. The van der Waals surface area contributed by atoms with Gasteiger partial charge in [0.05, 0.1) is 7.11 Å². The van der Waals surface area contributed by atoms with Crippen molar-refractivity contribution in [2.45, 2.75) is 38.5 Å². The van der Waals surface area contributed by atoms with Crippen LogP contribution in [0.4, 0.5) is 0 Å². The van der Waals surface area contributed by atoms with Crippen molar-refractivity contribution in [2.24, 2.45) is 5.92 Å². The highest BCUT2D eigenvalue weighted by Gasteiger charge is 2.23. The standard InChI is InChI=1S/C18H25NO4/c1-23-16-7-5-14(6-8-16)3-2-4-17(20)19-11-9-15(10-12-19)13-18(21)22/h5-8,15H,2-4,9-13H2,1H3,(H,21,22). The van der Waals surface area contributed by atoms with E-state index in [-0.39, 0.29) is 18.2 Å². The fraction of sp³-hybridized carbons (Fsp3) is 0.556. The zero-order valence-corrected chi connectivity index (χ0v) is 13.7. The zero-order valence-electron chi connectivity index (χ0n) is 13.7. The van der Waals surface area contributed by atoms with Crippen LogP contribution in [0.25, 0.3) is 0 Å². The van der Waals surface area contributed by atoms with E-state index in [1.54, 1.807) is 7.11 Å². The van der Waals surface area contributed by atoms with Gasteiger partial charge in [-0.1, -0.05) is 12.1 Å². The first-order chi connectivity index (χ1) is 11.1. The smallest absolute Gasteiger partial charge is 0.303 e. The number of carbonyl (C=O) groups excluding carboxylic acids is 1. The first-order valence-corrected chi connectivity index (χ1v) is 8.21. The maximum atomic E-state index is 12.2.